The smallest absolute Gasteiger partial charge is 0.267 e. The van der Waals surface area contributed by atoms with Crippen LogP contribution in [-0.2, 0) is 9.84 Å². The Morgan fingerprint density at radius 3 is 2.61 bits per heavy atom. The van der Waals surface area contributed by atoms with Gasteiger partial charge in [0.2, 0.25) is 9.84 Å². The van der Waals surface area contributed by atoms with E-state index in [-0.39, 0.29) is 10.5 Å². The fraction of sp³-hybridized carbons (Fsp3) is 0.320. The Labute approximate surface area is 193 Å². The maximum Gasteiger partial charge on any atom is 0.267 e. The molecule has 1 atom stereocenters. The molecule has 0 amide bonds. The van der Waals surface area contributed by atoms with Crippen LogP contribution in [0, 0.1) is 31.1 Å². The van der Waals surface area contributed by atoms with Crippen LogP contribution >= 0.6 is 0 Å². The van der Waals surface area contributed by atoms with Crippen molar-refractivity contribution in [2.45, 2.75) is 38.5 Å². The van der Waals surface area contributed by atoms with Crippen molar-refractivity contribution in [2.24, 2.45) is 5.92 Å². The molecule has 8 heteroatoms. The fourth-order valence-electron chi connectivity index (χ4n) is 4.19. The summed E-state index contributed by atoms with van der Waals surface area (Å²) in [4.78, 5) is 19.9. The molecule has 1 aliphatic heterocycles. The van der Waals surface area contributed by atoms with E-state index < -0.39 is 20.3 Å². The molecule has 0 unspecified atom stereocenters. The van der Waals surface area contributed by atoms with Crippen molar-refractivity contribution in [2.75, 3.05) is 18.0 Å². The van der Waals surface area contributed by atoms with Gasteiger partial charge in [0.05, 0.1) is 10.5 Å². The highest BCUT2D eigenvalue weighted by molar-refractivity contribution is 7.95. The number of aryl methyl sites for hydroxylation is 2. The number of hydrogen-bond acceptors (Lipinski definition) is 6. The average Bonchev–Trinajstić information content (AvgIpc) is 2.79. The molecular formula is C25H26N4O3S. The van der Waals surface area contributed by atoms with Crippen LogP contribution in [0.1, 0.15) is 36.5 Å². The summed E-state index contributed by atoms with van der Waals surface area (Å²) in [6.07, 6.45) is 4.83. The minimum absolute atomic E-state index is 0.0127. The number of allylic oxidation sites excluding steroid dienone is 1. The summed E-state index contributed by atoms with van der Waals surface area (Å²) >= 11 is 0. The first-order chi connectivity index (χ1) is 15.7. The molecule has 0 radical (unpaired) electrons. The number of piperidine rings is 1. The van der Waals surface area contributed by atoms with Crippen LogP contribution in [0.15, 0.2) is 57.2 Å². The number of nitrogens with zero attached hydrogens (tertiary/aromatic N) is 4. The molecule has 3 heterocycles. The number of aromatic nitrogens is 2. The Morgan fingerprint density at radius 1 is 1.21 bits per heavy atom. The van der Waals surface area contributed by atoms with Gasteiger partial charge in [0.25, 0.3) is 5.56 Å². The zero-order valence-electron chi connectivity index (χ0n) is 18.9. The maximum atomic E-state index is 13.5. The second-order valence-electron chi connectivity index (χ2n) is 8.67. The molecule has 1 fully saturated rings. The highest BCUT2D eigenvalue weighted by Crippen LogP contribution is 2.28. The number of benzene rings is 1. The zero-order valence-corrected chi connectivity index (χ0v) is 19.8. The third-order valence-electron chi connectivity index (χ3n) is 6.03. The molecule has 170 valence electrons. The molecule has 0 bridgehead atoms. The average molecular weight is 463 g/mol. The van der Waals surface area contributed by atoms with E-state index in [0.717, 1.165) is 24.0 Å². The van der Waals surface area contributed by atoms with Gasteiger partial charge in [-0.15, -0.1) is 0 Å². The van der Waals surface area contributed by atoms with Gasteiger partial charge in [-0.25, -0.2) is 13.4 Å². The van der Waals surface area contributed by atoms with Crippen LogP contribution in [0.2, 0.25) is 0 Å². The van der Waals surface area contributed by atoms with E-state index in [9.17, 15) is 18.5 Å². The molecule has 3 aromatic rings. The topological polar surface area (TPSA) is 95.5 Å². The van der Waals surface area contributed by atoms with Crippen molar-refractivity contribution in [3.8, 4) is 6.07 Å². The number of rotatable bonds is 4. The Bertz CT molecular complexity index is 1450. The van der Waals surface area contributed by atoms with Gasteiger partial charge in [-0.05, 0) is 62.4 Å². The Hall–Kier alpha value is -3.44. The van der Waals surface area contributed by atoms with Gasteiger partial charge in [-0.2, -0.15) is 5.26 Å². The predicted molar refractivity (Wildman–Crippen MR) is 129 cm³/mol. The largest absolute Gasteiger partial charge is 0.356 e. The quantitative estimate of drug-likeness (QED) is 0.546. The second kappa shape index (κ2) is 8.83. The third-order valence-corrected chi connectivity index (χ3v) is 7.71. The lowest BCUT2D eigenvalue weighted by Crippen LogP contribution is -2.37. The number of fused-ring (bicyclic) bond motifs is 1. The van der Waals surface area contributed by atoms with Crippen LogP contribution in [0.4, 0.5) is 5.82 Å². The molecule has 33 heavy (non-hydrogen) atoms. The zero-order chi connectivity index (χ0) is 23.8. The first-order valence-electron chi connectivity index (χ1n) is 10.9. The third kappa shape index (κ3) is 4.29. The lowest BCUT2D eigenvalue weighted by molar-refractivity contribution is 0.444. The van der Waals surface area contributed by atoms with Crippen molar-refractivity contribution in [1.29, 1.82) is 5.26 Å². The van der Waals surface area contributed by atoms with E-state index in [1.807, 2.05) is 30.9 Å². The standard InChI is InChI=1S/C25H26N4O3S/c1-17-8-10-20(11-9-17)33(31,32)21(15-26)14-22-24(28-12-4-6-18(2)16-28)27-23-19(3)7-5-13-29(23)25(22)30/h5,7-11,13-14,18H,4,6,12,16H2,1-3H3/b21-14+/t18-/m1/s1. The van der Waals surface area contributed by atoms with Gasteiger partial charge in [0, 0.05) is 19.3 Å². The lowest BCUT2D eigenvalue weighted by Gasteiger charge is -2.32. The van der Waals surface area contributed by atoms with Crippen LogP contribution < -0.4 is 10.5 Å². The first kappa shape index (κ1) is 22.7. The van der Waals surface area contributed by atoms with Gasteiger partial charge in [0.15, 0.2) is 0 Å². The number of pyridine rings is 1. The Morgan fingerprint density at radius 2 is 1.94 bits per heavy atom. The van der Waals surface area contributed by atoms with E-state index in [1.54, 1.807) is 24.4 Å². The van der Waals surface area contributed by atoms with E-state index in [0.29, 0.717) is 30.5 Å². The first-order valence-corrected chi connectivity index (χ1v) is 12.4. The van der Waals surface area contributed by atoms with E-state index in [1.165, 1.54) is 22.6 Å². The summed E-state index contributed by atoms with van der Waals surface area (Å²) in [5.41, 5.74) is 1.98. The molecule has 0 spiro atoms. The number of nitriles is 1. The highest BCUT2D eigenvalue weighted by atomic mass is 32.2. The van der Waals surface area contributed by atoms with Crippen molar-refractivity contribution in [3.05, 3.63) is 74.5 Å². The molecule has 0 aliphatic carbocycles. The molecule has 0 N–H and O–H groups in total. The van der Waals surface area contributed by atoms with Gasteiger partial charge in [0.1, 0.15) is 22.4 Å². The molecule has 7 nitrogen and oxygen atoms in total. The molecule has 1 aromatic carbocycles. The summed E-state index contributed by atoms with van der Waals surface area (Å²) < 4.78 is 27.8. The molecular weight excluding hydrogens is 436 g/mol. The summed E-state index contributed by atoms with van der Waals surface area (Å²) in [6.45, 7) is 7.30. The summed E-state index contributed by atoms with van der Waals surface area (Å²) in [7, 11) is -4.10. The highest BCUT2D eigenvalue weighted by Gasteiger charge is 2.26. The van der Waals surface area contributed by atoms with Crippen molar-refractivity contribution < 1.29 is 8.42 Å². The molecule has 0 saturated carbocycles. The summed E-state index contributed by atoms with van der Waals surface area (Å²) in [5.74, 6) is 0.840. The Balaban J connectivity index is 1.97. The summed E-state index contributed by atoms with van der Waals surface area (Å²) in [6, 6.07) is 11.7. The van der Waals surface area contributed by atoms with Gasteiger partial charge in [-0.1, -0.05) is 30.7 Å². The van der Waals surface area contributed by atoms with E-state index in [4.69, 9.17) is 4.98 Å². The van der Waals surface area contributed by atoms with Crippen LogP contribution in [0.25, 0.3) is 11.7 Å². The fourth-order valence-corrected chi connectivity index (χ4v) is 5.34. The van der Waals surface area contributed by atoms with Crippen molar-refractivity contribution >= 4 is 27.4 Å². The maximum absolute atomic E-state index is 13.5. The monoisotopic (exact) mass is 462 g/mol. The molecule has 4 rings (SSSR count). The van der Waals surface area contributed by atoms with Gasteiger partial charge >= 0.3 is 0 Å². The molecule has 1 saturated heterocycles. The minimum Gasteiger partial charge on any atom is -0.356 e. The SMILES string of the molecule is Cc1ccc(S(=O)(=O)/C(C#N)=C/c2c(N3CCC[C@@H](C)C3)nc3c(C)cccn3c2=O)cc1. The lowest BCUT2D eigenvalue weighted by atomic mass is 10.00. The number of hydrogen-bond donors (Lipinski definition) is 0. The summed E-state index contributed by atoms with van der Waals surface area (Å²) in [5, 5.41) is 9.79. The van der Waals surface area contributed by atoms with Crippen LogP contribution in [0.3, 0.4) is 0 Å². The van der Waals surface area contributed by atoms with Crippen LogP contribution in [0.5, 0.6) is 0 Å². The number of anilines is 1. The Kier molecular flexibility index (Phi) is 6.09. The predicted octanol–water partition coefficient (Wildman–Crippen LogP) is 3.89. The van der Waals surface area contributed by atoms with Gasteiger partial charge < -0.3 is 4.90 Å². The number of sulfone groups is 1. The molecule has 1 aliphatic rings. The minimum atomic E-state index is -4.10. The van der Waals surface area contributed by atoms with Crippen molar-refractivity contribution in [1.82, 2.24) is 9.38 Å². The van der Waals surface area contributed by atoms with E-state index in [2.05, 4.69) is 6.92 Å². The van der Waals surface area contributed by atoms with E-state index >= 15 is 0 Å². The normalized spacial score (nSPS) is 17.2. The van der Waals surface area contributed by atoms with Crippen LogP contribution in [-0.4, -0.2) is 30.9 Å². The van der Waals surface area contributed by atoms with Crippen molar-refractivity contribution in [3.63, 3.8) is 0 Å². The van der Waals surface area contributed by atoms with Gasteiger partial charge in [-0.3, -0.25) is 9.20 Å². The molecule has 2 aromatic heterocycles. The second-order valence-corrected chi connectivity index (χ2v) is 10.6.